The maximum absolute atomic E-state index is 13.5. The van der Waals surface area contributed by atoms with Crippen LogP contribution in [0.2, 0.25) is 0 Å². The lowest BCUT2D eigenvalue weighted by Gasteiger charge is -2.17. The Morgan fingerprint density at radius 2 is 1.50 bits per heavy atom. The van der Waals surface area contributed by atoms with Crippen molar-refractivity contribution in [2.45, 2.75) is 18.0 Å². The molecule has 0 fully saturated rings. The zero-order valence-corrected chi connectivity index (χ0v) is 20.0. The summed E-state index contributed by atoms with van der Waals surface area (Å²) in [4.78, 5) is 13.2. The lowest BCUT2D eigenvalue weighted by molar-refractivity contribution is 0.102. The molecule has 2 heterocycles. The van der Waals surface area contributed by atoms with Gasteiger partial charge in [-0.2, -0.15) is 9.40 Å². The van der Waals surface area contributed by atoms with Gasteiger partial charge in [0, 0.05) is 23.1 Å². The molecule has 0 radical (unpaired) electrons. The van der Waals surface area contributed by atoms with Crippen molar-refractivity contribution in [1.29, 1.82) is 0 Å². The van der Waals surface area contributed by atoms with Gasteiger partial charge in [0.05, 0.1) is 17.1 Å². The van der Waals surface area contributed by atoms with Gasteiger partial charge in [-0.1, -0.05) is 78.9 Å². The van der Waals surface area contributed by atoms with Crippen LogP contribution in [0.1, 0.15) is 21.6 Å². The minimum atomic E-state index is -3.76. The van der Waals surface area contributed by atoms with Gasteiger partial charge in [-0.3, -0.25) is 9.89 Å². The molecule has 1 aliphatic heterocycles. The van der Waals surface area contributed by atoms with E-state index in [-0.39, 0.29) is 23.9 Å². The summed E-state index contributed by atoms with van der Waals surface area (Å²) in [5.41, 5.74) is 3.93. The summed E-state index contributed by atoms with van der Waals surface area (Å²) in [6.45, 7) is 0.287. The number of benzene rings is 4. The number of nitrogens with one attached hydrogen (secondary N) is 2. The largest absolute Gasteiger partial charge is 0.305 e. The summed E-state index contributed by atoms with van der Waals surface area (Å²) in [7, 11) is -3.76. The van der Waals surface area contributed by atoms with Crippen molar-refractivity contribution in [1.82, 2.24) is 14.5 Å². The van der Waals surface area contributed by atoms with Crippen molar-refractivity contribution in [3.05, 3.63) is 114 Å². The molecule has 6 rings (SSSR count). The van der Waals surface area contributed by atoms with E-state index < -0.39 is 10.0 Å². The van der Waals surface area contributed by atoms with Crippen molar-refractivity contribution in [3.63, 3.8) is 0 Å². The first kappa shape index (κ1) is 22.2. The molecule has 0 saturated carbocycles. The molecule has 1 aromatic heterocycles. The average molecular weight is 495 g/mol. The minimum Gasteiger partial charge on any atom is -0.305 e. The van der Waals surface area contributed by atoms with Gasteiger partial charge in [0.25, 0.3) is 5.91 Å². The van der Waals surface area contributed by atoms with Crippen LogP contribution in [0, 0.1) is 0 Å². The van der Waals surface area contributed by atoms with Crippen LogP contribution in [0.25, 0.3) is 21.9 Å². The fraction of sp³-hybridized carbons (Fsp3) is 0.0714. The molecule has 0 saturated heterocycles. The summed E-state index contributed by atoms with van der Waals surface area (Å²) in [6, 6.07) is 30.0. The van der Waals surface area contributed by atoms with Gasteiger partial charge < -0.3 is 5.32 Å². The molecule has 1 amide bonds. The summed E-state index contributed by atoms with van der Waals surface area (Å²) in [5.74, 6) is 0.0389. The third kappa shape index (κ3) is 3.86. The van der Waals surface area contributed by atoms with Crippen LogP contribution in [-0.2, 0) is 23.1 Å². The number of nitrogens with zero attached hydrogens (tertiary/aromatic N) is 2. The topological polar surface area (TPSA) is 95.2 Å². The third-order valence-electron chi connectivity index (χ3n) is 6.48. The highest BCUT2D eigenvalue weighted by molar-refractivity contribution is 7.89. The van der Waals surface area contributed by atoms with E-state index in [4.69, 9.17) is 0 Å². The average Bonchev–Trinajstić information content (AvgIpc) is 3.51. The molecule has 1 aliphatic rings. The molecule has 4 aromatic carbocycles. The molecule has 0 aliphatic carbocycles. The minimum absolute atomic E-state index is 0.125. The second kappa shape index (κ2) is 8.75. The van der Waals surface area contributed by atoms with Gasteiger partial charge in [0.2, 0.25) is 10.0 Å². The van der Waals surface area contributed by atoms with Crippen LogP contribution in [0.3, 0.4) is 0 Å². The number of fused-ring (bicyclic) bond motifs is 2. The molecule has 7 nitrogen and oxygen atoms in total. The predicted molar refractivity (Wildman–Crippen MR) is 139 cm³/mol. The van der Waals surface area contributed by atoms with E-state index in [1.807, 2.05) is 72.8 Å². The number of sulfonamides is 1. The fourth-order valence-electron chi connectivity index (χ4n) is 4.57. The van der Waals surface area contributed by atoms with Crippen molar-refractivity contribution >= 4 is 32.5 Å². The number of hydrogen-bond acceptors (Lipinski definition) is 4. The van der Waals surface area contributed by atoms with Crippen LogP contribution >= 0.6 is 0 Å². The first-order chi connectivity index (χ1) is 17.5. The van der Waals surface area contributed by atoms with Crippen LogP contribution in [0.5, 0.6) is 0 Å². The van der Waals surface area contributed by atoms with Crippen molar-refractivity contribution in [2.75, 3.05) is 5.32 Å². The van der Waals surface area contributed by atoms with Crippen molar-refractivity contribution < 1.29 is 13.2 Å². The number of anilines is 1. The number of rotatable bonds is 5. The van der Waals surface area contributed by atoms with Crippen LogP contribution in [0.4, 0.5) is 5.82 Å². The van der Waals surface area contributed by atoms with Gasteiger partial charge in [-0.15, -0.1) is 0 Å². The smallest absolute Gasteiger partial charge is 0.256 e. The molecule has 178 valence electrons. The normalized spacial score (nSPS) is 13.6. The zero-order valence-electron chi connectivity index (χ0n) is 19.2. The summed E-state index contributed by atoms with van der Waals surface area (Å²) in [5, 5.41) is 11.5. The Morgan fingerprint density at radius 1 is 0.806 bits per heavy atom. The summed E-state index contributed by atoms with van der Waals surface area (Å²) < 4.78 is 28.5. The lowest BCUT2D eigenvalue weighted by Crippen LogP contribution is -2.26. The van der Waals surface area contributed by atoms with Gasteiger partial charge >= 0.3 is 0 Å². The van der Waals surface area contributed by atoms with Gasteiger partial charge in [0.15, 0.2) is 5.82 Å². The van der Waals surface area contributed by atoms with E-state index in [2.05, 4.69) is 15.5 Å². The van der Waals surface area contributed by atoms with Gasteiger partial charge in [-0.05, 0) is 34.7 Å². The lowest BCUT2D eigenvalue weighted by atomic mass is 10.0. The van der Waals surface area contributed by atoms with E-state index >= 15 is 0 Å². The number of hydrogen-bond donors (Lipinski definition) is 2. The van der Waals surface area contributed by atoms with Gasteiger partial charge in [0.1, 0.15) is 0 Å². The molecular formula is C28H22N4O3S. The number of amides is 1. The standard InChI is InChI=1S/C28H22N4O3S/c33-28(22-15-13-20(14-16-22)19-7-2-1-3-8-19)29-27-24-17-32(18-25(24)30-31-27)36(34,35)26-12-6-10-21-9-4-5-11-23(21)26/h1-16H,17-18H2,(H2,29,30,31,33). The maximum Gasteiger partial charge on any atom is 0.256 e. The Bertz CT molecular complexity index is 1690. The monoisotopic (exact) mass is 494 g/mol. The highest BCUT2D eigenvalue weighted by atomic mass is 32.2. The SMILES string of the molecule is O=C(Nc1n[nH]c2c1CN(S(=O)(=O)c1cccc3ccccc13)C2)c1ccc(-c2ccccc2)cc1. The van der Waals surface area contributed by atoms with E-state index in [9.17, 15) is 13.2 Å². The highest BCUT2D eigenvalue weighted by Crippen LogP contribution is 2.34. The van der Waals surface area contributed by atoms with Crippen LogP contribution in [-0.4, -0.2) is 28.8 Å². The molecular weight excluding hydrogens is 472 g/mol. The molecule has 0 spiro atoms. The number of aromatic nitrogens is 2. The molecule has 0 bridgehead atoms. The summed E-state index contributed by atoms with van der Waals surface area (Å²) >= 11 is 0. The molecule has 5 aromatic rings. The Hall–Kier alpha value is -4.27. The first-order valence-electron chi connectivity index (χ1n) is 11.5. The van der Waals surface area contributed by atoms with Crippen molar-refractivity contribution in [2.24, 2.45) is 0 Å². The van der Waals surface area contributed by atoms with E-state index in [0.717, 1.165) is 16.5 Å². The molecule has 0 unspecified atom stereocenters. The quantitative estimate of drug-likeness (QED) is 0.352. The third-order valence-corrected chi connectivity index (χ3v) is 8.33. The summed E-state index contributed by atoms with van der Waals surface area (Å²) in [6.07, 6.45) is 0. The predicted octanol–water partition coefficient (Wildman–Crippen LogP) is 5.19. The van der Waals surface area contributed by atoms with Crippen molar-refractivity contribution in [3.8, 4) is 11.1 Å². The van der Waals surface area contributed by atoms with Crippen LogP contribution in [0.15, 0.2) is 102 Å². The second-order valence-corrected chi connectivity index (χ2v) is 10.6. The Balaban J connectivity index is 1.21. The zero-order chi connectivity index (χ0) is 24.7. The van der Waals surface area contributed by atoms with E-state index in [1.54, 1.807) is 24.3 Å². The van der Waals surface area contributed by atoms with Crippen LogP contribution < -0.4 is 5.32 Å². The Morgan fingerprint density at radius 3 is 2.31 bits per heavy atom. The second-order valence-electron chi connectivity index (χ2n) is 8.68. The highest BCUT2D eigenvalue weighted by Gasteiger charge is 2.35. The number of aromatic amines is 1. The first-order valence-corrected chi connectivity index (χ1v) is 13.0. The molecule has 0 atom stereocenters. The molecule has 36 heavy (non-hydrogen) atoms. The van der Waals surface area contributed by atoms with E-state index in [1.165, 1.54) is 4.31 Å². The Kier molecular flexibility index (Phi) is 5.40. The molecule has 8 heteroatoms. The van der Waals surface area contributed by atoms with E-state index in [0.29, 0.717) is 28.0 Å². The number of carbonyl (C=O) groups is 1. The fourth-order valence-corrected chi connectivity index (χ4v) is 6.16. The van der Waals surface area contributed by atoms with Gasteiger partial charge in [-0.25, -0.2) is 8.42 Å². The Labute approximate surface area is 208 Å². The maximum atomic E-state index is 13.5. The number of H-pyrrole nitrogens is 1. The molecule has 2 N–H and O–H groups in total. The number of carbonyl (C=O) groups excluding carboxylic acids is 1.